The van der Waals surface area contributed by atoms with Crippen LogP contribution in [-0.4, -0.2) is 218 Å². The number of hydrogen-bond acceptors (Lipinski definition) is 27. The molecule has 0 spiro atoms. The molecule has 16 rings (SSSR count). The molecule has 0 unspecified atom stereocenters. The van der Waals surface area contributed by atoms with Gasteiger partial charge in [-0.3, -0.25) is 28.4 Å². The van der Waals surface area contributed by atoms with Crippen LogP contribution in [0.5, 0.6) is 24.0 Å². The highest BCUT2D eigenvalue weighted by atomic mass is 79.9. The SMILES string of the molecule is COCCOc1nc(N)c2[nH]c(=O)n(Cc3cccc(CN4CCC(C)(F)CC4)c3)c2n1.COCCOc1nc(N)c2[nH]c(=O)n(Cc3cccc(CNCC(C)(F)F)c3)c2n1.COCCOc1nc(N)c2nc(Br)n(Cc3cccc(CN4CCCC4)c3)c2n1.Nc1nc(OCC2CC2)nc2c1ncn2Cc1cccc(CN2CCCC2)c1. The molecule has 11 heterocycles. The lowest BCUT2D eigenvalue weighted by Gasteiger charge is -2.34. The molecule has 3 aliphatic heterocycles. The summed E-state index contributed by atoms with van der Waals surface area (Å²) in [5.74, 6) is -1.22. The summed E-state index contributed by atoms with van der Waals surface area (Å²) in [6.07, 6.45) is 10.5. The molecule has 33 nitrogen and oxygen atoms in total. The van der Waals surface area contributed by atoms with Gasteiger partial charge in [0.1, 0.15) is 36.5 Å². The van der Waals surface area contributed by atoms with E-state index >= 15 is 0 Å². The van der Waals surface area contributed by atoms with Crippen LogP contribution in [0.25, 0.3) is 44.7 Å². The first-order chi connectivity index (χ1) is 57.5. The maximum absolute atomic E-state index is 14.1. The first-order valence-electron chi connectivity index (χ1n) is 39.9. The zero-order chi connectivity index (χ0) is 83.6. The van der Waals surface area contributed by atoms with Gasteiger partial charge in [-0.15, -0.1) is 0 Å². The average Bonchev–Trinajstić information content (AvgIpc) is 1.65. The highest BCUT2D eigenvalue weighted by Crippen LogP contribution is 2.32. The Labute approximate surface area is 693 Å². The molecule has 4 aromatic carbocycles. The zero-order valence-electron chi connectivity index (χ0n) is 67.7. The van der Waals surface area contributed by atoms with Gasteiger partial charge in [0.2, 0.25) is 0 Å². The van der Waals surface area contributed by atoms with Crippen molar-refractivity contribution in [3.63, 3.8) is 0 Å². The predicted octanol–water partition coefficient (Wildman–Crippen LogP) is 9.30. The third-order valence-corrected chi connectivity index (χ3v) is 21.2. The van der Waals surface area contributed by atoms with Gasteiger partial charge in [-0.05, 0) is 151 Å². The van der Waals surface area contributed by atoms with Crippen molar-refractivity contribution in [2.24, 2.45) is 5.92 Å². The number of benzene rings is 4. The summed E-state index contributed by atoms with van der Waals surface area (Å²) in [5, 5.41) is 2.72. The lowest BCUT2D eigenvalue weighted by Crippen LogP contribution is -2.39. The van der Waals surface area contributed by atoms with E-state index in [4.69, 9.17) is 56.1 Å². The molecule has 4 aliphatic rings. The van der Waals surface area contributed by atoms with E-state index in [1.807, 2.05) is 45.5 Å². The molecule has 0 bridgehead atoms. The molecule has 11 N–H and O–H groups in total. The summed E-state index contributed by atoms with van der Waals surface area (Å²) in [4.78, 5) is 81.0. The van der Waals surface area contributed by atoms with Crippen molar-refractivity contribution in [3.05, 3.63) is 174 Å². The van der Waals surface area contributed by atoms with Gasteiger partial charge in [-0.1, -0.05) is 97.1 Å². The lowest BCUT2D eigenvalue weighted by atomic mass is 9.95. The fourth-order valence-electron chi connectivity index (χ4n) is 14.2. The Morgan fingerprint density at radius 3 is 1.33 bits per heavy atom. The Morgan fingerprint density at radius 1 is 0.487 bits per heavy atom. The number of H-pyrrole nitrogens is 2. The third kappa shape index (κ3) is 24.0. The van der Waals surface area contributed by atoms with Gasteiger partial charge < -0.3 is 75.9 Å². The van der Waals surface area contributed by atoms with Gasteiger partial charge in [0.25, 0.3) is 5.92 Å². The summed E-state index contributed by atoms with van der Waals surface area (Å²) in [7, 11) is 4.73. The summed E-state index contributed by atoms with van der Waals surface area (Å²) < 4.78 is 84.7. The van der Waals surface area contributed by atoms with E-state index in [0.717, 1.165) is 67.5 Å². The van der Waals surface area contributed by atoms with Crippen LogP contribution < -0.4 is 58.6 Å². The number of methoxy groups -OCH3 is 3. The van der Waals surface area contributed by atoms with Crippen molar-refractivity contribution in [2.45, 2.75) is 129 Å². The number of likely N-dealkylation sites (tertiary alicyclic amines) is 3. The maximum atomic E-state index is 14.1. The summed E-state index contributed by atoms with van der Waals surface area (Å²) in [5.41, 5.74) is 35.1. The zero-order valence-corrected chi connectivity index (χ0v) is 69.3. The number of imidazole rings is 4. The Hall–Kier alpha value is -10.9. The van der Waals surface area contributed by atoms with Crippen molar-refractivity contribution >= 4 is 83.9 Å². The molecule has 3 saturated heterocycles. The van der Waals surface area contributed by atoms with Crippen LogP contribution in [0, 0.1) is 5.92 Å². The largest absolute Gasteiger partial charge is 0.463 e. The monoisotopic (exact) mass is 1700 g/mol. The first kappa shape index (κ1) is 85.9. The molecule has 0 atom stereocenters. The van der Waals surface area contributed by atoms with Crippen molar-refractivity contribution in [1.82, 2.24) is 98.1 Å². The number of hydrogen-bond donors (Lipinski definition) is 7. The van der Waals surface area contributed by atoms with Crippen LogP contribution in [0.2, 0.25) is 0 Å². The third-order valence-electron chi connectivity index (χ3n) is 20.6. The van der Waals surface area contributed by atoms with Crippen LogP contribution in [-0.2, 0) is 66.6 Å². The van der Waals surface area contributed by atoms with Crippen molar-refractivity contribution < 1.29 is 46.3 Å². The molecular weight excluding hydrogens is 1600 g/mol. The molecular formula is C82H104BrF3N24O9. The highest BCUT2D eigenvalue weighted by molar-refractivity contribution is 9.10. The number of nitrogens with one attached hydrogen (secondary N) is 3. The van der Waals surface area contributed by atoms with Crippen LogP contribution in [0.15, 0.2) is 118 Å². The maximum Gasteiger partial charge on any atom is 0.328 e. The van der Waals surface area contributed by atoms with Crippen LogP contribution in [0.4, 0.5) is 36.4 Å². The number of aromatic amines is 2. The van der Waals surface area contributed by atoms with Crippen LogP contribution in [0.1, 0.15) is 110 Å². The minimum Gasteiger partial charge on any atom is -0.463 e. The van der Waals surface area contributed by atoms with Gasteiger partial charge in [-0.25, -0.2) is 32.7 Å². The molecule has 12 aromatic rings. The van der Waals surface area contributed by atoms with Crippen molar-refractivity contribution in [2.75, 3.05) is 136 Å². The summed E-state index contributed by atoms with van der Waals surface area (Å²) >= 11 is 3.54. The number of fused-ring (bicyclic) bond motifs is 4. The average molecular weight is 1710 g/mol. The Kier molecular flexibility index (Phi) is 29.0. The standard InChI is InChI=1S/C22H29FN6O3.C21H26N6O.C20H25BrN6O2.C19H24F2N6O3/c1-22(23)6-8-28(9-7-22)13-15-4-3-5-16(12-15)14-29-19-17(25-21(29)30)18(24)26-20(27-19)32-11-10-31-2;22-19-18-20(25-21(24-19)28-13-15-6-7-15)27(14-23-18)12-17-5-3-4-16(10-17)11-26-8-1-2-9-26;1-28-9-10-29-20-24-17(22)16-18(25-20)27(19(21)23-16)13-15-6-4-5-14(11-15)12-26-7-2-3-8-26;1-19(20,21)11-23-9-12-4-3-5-13(8-12)10-27-16-14(24-18(27)28)15(22)25-17(26-16)30-7-6-29-2/h3-5,12H,6-11,13-14H2,1-2H3,(H,25,30)(H2,24,26,27);3-5,10,14-15H,1-2,6-9,11-13H2,(H2,22,24,25);4-6,11H,2-3,7-10,12-13H2,1H3,(H2,22,24,25);3-5,8,23H,6-7,9-11H2,1-2H3,(H,24,28)(H2,22,25,26). The minimum absolute atomic E-state index is 0.0447. The molecule has 0 radical (unpaired) electrons. The van der Waals surface area contributed by atoms with Gasteiger partial charge >= 0.3 is 35.4 Å². The van der Waals surface area contributed by atoms with E-state index < -0.39 is 23.8 Å². The van der Waals surface area contributed by atoms with E-state index in [1.54, 1.807) is 40.6 Å². The fraction of sp³-hybridized carbons (Fsp3) is 0.463. The number of halogens is 4. The van der Waals surface area contributed by atoms with Crippen molar-refractivity contribution in [3.8, 4) is 24.0 Å². The minimum atomic E-state index is -2.78. The summed E-state index contributed by atoms with van der Waals surface area (Å²) in [6.45, 7) is 16.0. The van der Waals surface area contributed by atoms with E-state index in [1.165, 1.54) is 96.1 Å². The topological polar surface area (TPSA) is 405 Å². The Morgan fingerprint density at radius 2 is 0.874 bits per heavy atom. The van der Waals surface area contributed by atoms with Crippen LogP contribution >= 0.6 is 15.9 Å². The number of nitrogens with zero attached hydrogens (tertiary/aromatic N) is 17. The number of piperidine rings is 1. The summed E-state index contributed by atoms with van der Waals surface area (Å²) in [6, 6.07) is 33.5. The van der Waals surface area contributed by atoms with E-state index in [-0.39, 0.29) is 61.7 Å². The molecule has 0 amide bonds. The number of anilines is 4. The predicted molar refractivity (Wildman–Crippen MR) is 450 cm³/mol. The molecule has 1 saturated carbocycles. The second-order valence-electron chi connectivity index (χ2n) is 30.6. The van der Waals surface area contributed by atoms with Crippen molar-refractivity contribution in [1.29, 1.82) is 0 Å². The molecule has 1 aliphatic carbocycles. The molecule has 119 heavy (non-hydrogen) atoms. The van der Waals surface area contributed by atoms with Crippen LogP contribution in [0.3, 0.4) is 0 Å². The number of rotatable bonds is 33. The Bertz CT molecular complexity index is 5490. The molecule has 634 valence electrons. The molecule has 4 fully saturated rings. The quantitative estimate of drug-likeness (QED) is 0.0149. The van der Waals surface area contributed by atoms with Gasteiger partial charge in [0.15, 0.2) is 61.6 Å². The molecule has 37 heteroatoms. The van der Waals surface area contributed by atoms with E-state index in [0.29, 0.717) is 133 Å². The van der Waals surface area contributed by atoms with Gasteiger partial charge in [0, 0.05) is 67.5 Å². The molecule has 8 aromatic heterocycles. The fourth-order valence-corrected chi connectivity index (χ4v) is 14.7. The highest BCUT2D eigenvalue weighted by Gasteiger charge is 2.30. The Balaban J connectivity index is 0.000000137. The second-order valence-corrected chi connectivity index (χ2v) is 31.3. The van der Waals surface area contributed by atoms with Gasteiger partial charge in [-0.2, -0.15) is 39.9 Å². The number of nitrogens with two attached hydrogens (primary N) is 4. The number of aromatic nitrogens is 16. The first-order valence-corrected chi connectivity index (χ1v) is 40.7. The lowest BCUT2D eigenvalue weighted by molar-refractivity contribution is 0.0224. The number of nitrogen functional groups attached to an aromatic ring is 4. The smallest absolute Gasteiger partial charge is 0.328 e. The number of ether oxygens (including phenoxy) is 7. The second kappa shape index (κ2) is 40.2. The number of alkyl halides is 3. The normalized spacial score (nSPS) is 15.1. The van der Waals surface area contributed by atoms with Gasteiger partial charge in [0.05, 0.1) is 65.5 Å². The van der Waals surface area contributed by atoms with E-state index in [2.05, 4.69) is 150 Å². The van der Waals surface area contributed by atoms with E-state index in [9.17, 15) is 22.8 Å².